The first kappa shape index (κ1) is 12.7. The molecule has 1 N–H and O–H groups in total. The maximum atomic E-state index is 11.0. The Morgan fingerprint density at radius 3 is 3.26 bits per heavy atom. The number of fused-ring (bicyclic) bond motifs is 1. The molecule has 1 unspecified atom stereocenters. The molecular weight excluding hydrogens is 282 g/mol. The van der Waals surface area contributed by atoms with Crippen LogP contribution in [-0.4, -0.2) is 45.1 Å². The molecule has 0 amide bonds. The van der Waals surface area contributed by atoms with Gasteiger partial charge in [0.1, 0.15) is 12.1 Å². The molecule has 0 radical (unpaired) electrons. The van der Waals surface area contributed by atoms with Crippen molar-refractivity contribution in [1.82, 2.24) is 9.97 Å². The maximum absolute atomic E-state index is 11.0. The highest BCUT2D eigenvalue weighted by molar-refractivity contribution is 7.99. The molecule has 5 nitrogen and oxygen atoms in total. The summed E-state index contributed by atoms with van der Waals surface area (Å²) in [6.07, 6.45) is 1.72. The van der Waals surface area contributed by atoms with E-state index in [1.165, 1.54) is 0 Å². The lowest BCUT2D eigenvalue weighted by atomic mass is 10.2. The third kappa shape index (κ3) is 2.52. The molecule has 0 aromatic carbocycles. The fraction of sp³-hybridized carbons (Fsp3) is 0.417. The van der Waals surface area contributed by atoms with Crippen LogP contribution in [0.2, 0.25) is 0 Å². The van der Waals surface area contributed by atoms with Crippen molar-refractivity contribution >= 4 is 45.1 Å². The number of anilines is 1. The summed E-state index contributed by atoms with van der Waals surface area (Å²) in [5.41, 5.74) is 0.933. The lowest BCUT2D eigenvalue weighted by molar-refractivity contribution is -0.137. The Bertz CT molecular complexity index is 601. The van der Waals surface area contributed by atoms with Crippen LogP contribution in [0.25, 0.3) is 10.2 Å². The quantitative estimate of drug-likeness (QED) is 0.935. The Balaban J connectivity index is 1.97. The molecule has 0 saturated carbocycles. The highest BCUT2D eigenvalue weighted by atomic mass is 32.2. The first-order chi connectivity index (χ1) is 9.25. The van der Waals surface area contributed by atoms with E-state index in [2.05, 4.69) is 14.9 Å². The highest BCUT2D eigenvalue weighted by Gasteiger charge is 2.27. The van der Waals surface area contributed by atoms with Crippen LogP contribution in [0.1, 0.15) is 6.42 Å². The van der Waals surface area contributed by atoms with Gasteiger partial charge in [-0.1, -0.05) is 0 Å². The van der Waals surface area contributed by atoms with Gasteiger partial charge in [-0.25, -0.2) is 9.97 Å². The third-order valence-corrected chi connectivity index (χ3v) is 5.13. The van der Waals surface area contributed by atoms with E-state index in [4.69, 9.17) is 5.11 Å². The van der Waals surface area contributed by atoms with Crippen molar-refractivity contribution in [3.8, 4) is 0 Å². The van der Waals surface area contributed by atoms with Crippen molar-refractivity contribution in [2.75, 3.05) is 23.0 Å². The second-order valence-electron chi connectivity index (χ2n) is 4.35. The van der Waals surface area contributed by atoms with Crippen molar-refractivity contribution in [3.05, 3.63) is 17.8 Å². The van der Waals surface area contributed by atoms with Gasteiger partial charge in [-0.05, 0) is 11.4 Å². The molecule has 1 atom stereocenters. The Labute approximate surface area is 118 Å². The number of carboxylic acids is 1. The van der Waals surface area contributed by atoms with Crippen LogP contribution < -0.4 is 4.90 Å². The minimum Gasteiger partial charge on any atom is -0.481 e. The topological polar surface area (TPSA) is 66.3 Å². The van der Waals surface area contributed by atoms with E-state index in [-0.39, 0.29) is 12.5 Å². The summed E-state index contributed by atoms with van der Waals surface area (Å²) in [6.45, 7) is 0.840. The fourth-order valence-corrected chi connectivity index (χ4v) is 4.20. The average Bonchev–Trinajstić information content (AvgIpc) is 2.87. The fourth-order valence-electron chi connectivity index (χ4n) is 2.28. The number of aliphatic carboxylic acids is 1. The third-order valence-electron chi connectivity index (χ3n) is 3.13. The molecule has 2 aromatic heterocycles. The van der Waals surface area contributed by atoms with Gasteiger partial charge in [0.15, 0.2) is 0 Å². The number of nitrogens with zero attached hydrogens (tertiary/aromatic N) is 3. The van der Waals surface area contributed by atoms with Gasteiger partial charge in [-0.15, -0.1) is 11.3 Å². The lowest BCUT2D eigenvalue weighted by Gasteiger charge is -2.35. The summed E-state index contributed by atoms with van der Waals surface area (Å²) >= 11 is 3.41. The summed E-state index contributed by atoms with van der Waals surface area (Å²) in [5.74, 6) is 1.97. The predicted octanol–water partition coefficient (Wildman–Crippen LogP) is 2.09. The van der Waals surface area contributed by atoms with Gasteiger partial charge in [0.25, 0.3) is 0 Å². The van der Waals surface area contributed by atoms with Crippen molar-refractivity contribution in [2.24, 2.45) is 0 Å². The zero-order valence-corrected chi connectivity index (χ0v) is 11.8. The minimum absolute atomic E-state index is 0.0106. The van der Waals surface area contributed by atoms with E-state index in [1.54, 1.807) is 29.4 Å². The Morgan fingerprint density at radius 2 is 2.42 bits per heavy atom. The summed E-state index contributed by atoms with van der Waals surface area (Å²) in [5, 5.41) is 11.0. The van der Waals surface area contributed by atoms with Crippen LogP contribution in [0.5, 0.6) is 0 Å². The van der Waals surface area contributed by atoms with E-state index in [9.17, 15) is 4.79 Å². The zero-order chi connectivity index (χ0) is 13.2. The largest absolute Gasteiger partial charge is 0.481 e. The van der Waals surface area contributed by atoms with Crippen molar-refractivity contribution in [2.45, 2.75) is 12.5 Å². The predicted molar refractivity (Wildman–Crippen MR) is 78.1 cm³/mol. The first-order valence-corrected chi connectivity index (χ1v) is 8.03. The summed E-state index contributed by atoms with van der Waals surface area (Å²) in [4.78, 5) is 21.7. The molecule has 100 valence electrons. The van der Waals surface area contributed by atoms with Crippen molar-refractivity contribution in [3.63, 3.8) is 0 Å². The van der Waals surface area contributed by atoms with E-state index in [0.717, 1.165) is 34.1 Å². The number of thiophene rings is 1. The zero-order valence-electron chi connectivity index (χ0n) is 10.2. The normalized spacial score (nSPS) is 19.8. The van der Waals surface area contributed by atoms with Gasteiger partial charge in [-0.3, -0.25) is 4.79 Å². The van der Waals surface area contributed by atoms with E-state index in [1.807, 2.05) is 11.4 Å². The number of hydrogen-bond acceptors (Lipinski definition) is 6. The van der Waals surface area contributed by atoms with Gasteiger partial charge < -0.3 is 10.0 Å². The molecule has 7 heteroatoms. The molecule has 1 fully saturated rings. The molecule has 19 heavy (non-hydrogen) atoms. The van der Waals surface area contributed by atoms with Gasteiger partial charge in [0, 0.05) is 24.1 Å². The van der Waals surface area contributed by atoms with E-state index >= 15 is 0 Å². The van der Waals surface area contributed by atoms with Crippen molar-refractivity contribution in [1.29, 1.82) is 0 Å². The number of rotatable bonds is 3. The van der Waals surface area contributed by atoms with Gasteiger partial charge in [0.05, 0.1) is 16.6 Å². The Morgan fingerprint density at radius 1 is 1.53 bits per heavy atom. The molecule has 3 heterocycles. The Hall–Kier alpha value is -1.34. The SMILES string of the molecule is O=C(O)CC1CSCCN1c1ncnc2ccsc12. The van der Waals surface area contributed by atoms with Gasteiger partial charge in [-0.2, -0.15) is 11.8 Å². The van der Waals surface area contributed by atoms with E-state index < -0.39 is 5.97 Å². The van der Waals surface area contributed by atoms with Crippen LogP contribution in [0.15, 0.2) is 17.8 Å². The standard InChI is InChI=1S/C12H13N3O2S2/c16-10(17)5-8-6-18-4-2-15(8)12-11-9(1-3-19-11)13-7-14-12/h1,3,7-8H,2,4-6H2,(H,16,17). The number of carboxylic acid groups (broad SMARTS) is 1. The molecule has 1 aliphatic heterocycles. The molecule has 0 bridgehead atoms. The van der Waals surface area contributed by atoms with Crippen LogP contribution in [0.4, 0.5) is 5.82 Å². The summed E-state index contributed by atoms with van der Waals surface area (Å²) in [7, 11) is 0. The monoisotopic (exact) mass is 295 g/mol. The molecule has 2 aromatic rings. The molecular formula is C12H13N3O2S2. The van der Waals surface area contributed by atoms with Crippen LogP contribution >= 0.6 is 23.1 Å². The highest BCUT2D eigenvalue weighted by Crippen LogP contribution is 2.32. The number of thioether (sulfide) groups is 1. The Kier molecular flexibility index (Phi) is 3.56. The molecule has 0 spiro atoms. The summed E-state index contributed by atoms with van der Waals surface area (Å²) in [6, 6.07) is 1.98. The van der Waals surface area contributed by atoms with E-state index in [0.29, 0.717) is 0 Å². The molecule has 1 saturated heterocycles. The van der Waals surface area contributed by atoms with Crippen LogP contribution in [0, 0.1) is 0 Å². The van der Waals surface area contributed by atoms with Crippen LogP contribution in [-0.2, 0) is 4.79 Å². The lowest BCUT2D eigenvalue weighted by Crippen LogP contribution is -2.44. The van der Waals surface area contributed by atoms with Crippen LogP contribution in [0.3, 0.4) is 0 Å². The minimum atomic E-state index is -0.756. The van der Waals surface area contributed by atoms with Gasteiger partial charge >= 0.3 is 5.97 Å². The first-order valence-electron chi connectivity index (χ1n) is 6.00. The molecule has 0 aliphatic carbocycles. The van der Waals surface area contributed by atoms with Crippen molar-refractivity contribution < 1.29 is 9.90 Å². The molecule has 3 rings (SSSR count). The average molecular weight is 295 g/mol. The maximum Gasteiger partial charge on any atom is 0.305 e. The number of aromatic nitrogens is 2. The second-order valence-corrected chi connectivity index (χ2v) is 6.42. The number of carbonyl (C=O) groups is 1. The number of hydrogen-bond donors (Lipinski definition) is 1. The summed E-state index contributed by atoms with van der Waals surface area (Å²) < 4.78 is 1.05. The van der Waals surface area contributed by atoms with Gasteiger partial charge in [0.2, 0.25) is 0 Å². The smallest absolute Gasteiger partial charge is 0.305 e. The second kappa shape index (κ2) is 5.34. The molecule has 1 aliphatic rings.